The summed E-state index contributed by atoms with van der Waals surface area (Å²) in [6.45, 7) is 2.73. The number of piperidine rings is 1. The van der Waals surface area contributed by atoms with Crippen molar-refractivity contribution >= 4 is 23.0 Å². The quantitative estimate of drug-likeness (QED) is 0.528. The zero-order valence-electron chi connectivity index (χ0n) is 19.9. The number of hydrogen-bond donors (Lipinski definition) is 2. The van der Waals surface area contributed by atoms with Crippen LogP contribution < -0.4 is 34.3 Å². The van der Waals surface area contributed by atoms with Crippen molar-refractivity contribution in [2.75, 3.05) is 54.0 Å². The van der Waals surface area contributed by atoms with E-state index in [0.717, 1.165) is 49.5 Å². The predicted molar refractivity (Wildman–Crippen MR) is 133 cm³/mol. The maximum atomic E-state index is 5.55. The second-order valence-corrected chi connectivity index (χ2v) is 8.16. The van der Waals surface area contributed by atoms with Crippen molar-refractivity contribution in [3.05, 3.63) is 35.9 Å². The average molecular weight is 476 g/mol. The Morgan fingerprint density at radius 3 is 2.06 bits per heavy atom. The van der Waals surface area contributed by atoms with Gasteiger partial charge in [0.2, 0.25) is 5.75 Å². The SMILES string of the molecule is COc1ccc(OC)c(NC(=S)NC2CCN(Cc3cc(OC)c(OC)c(OC)c3)CC2)c1. The monoisotopic (exact) mass is 475 g/mol. The first-order valence-corrected chi connectivity index (χ1v) is 11.2. The fourth-order valence-electron chi connectivity index (χ4n) is 3.98. The van der Waals surface area contributed by atoms with Gasteiger partial charge in [0.25, 0.3) is 0 Å². The number of ether oxygens (including phenoxy) is 5. The number of rotatable bonds is 9. The van der Waals surface area contributed by atoms with Crippen LogP contribution in [0.5, 0.6) is 28.7 Å². The molecule has 0 unspecified atom stereocenters. The van der Waals surface area contributed by atoms with Gasteiger partial charge in [0, 0.05) is 31.7 Å². The van der Waals surface area contributed by atoms with E-state index in [-0.39, 0.29) is 0 Å². The van der Waals surface area contributed by atoms with Gasteiger partial charge in [0.05, 0.1) is 41.2 Å². The third-order valence-corrected chi connectivity index (χ3v) is 5.93. The molecule has 1 saturated heterocycles. The van der Waals surface area contributed by atoms with Gasteiger partial charge in [-0.05, 0) is 54.9 Å². The van der Waals surface area contributed by atoms with Gasteiger partial charge in [-0.2, -0.15) is 0 Å². The van der Waals surface area contributed by atoms with Gasteiger partial charge in [-0.15, -0.1) is 0 Å². The number of nitrogens with one attached hydrogen (secondary N) is 2. The molecule has 0 aromatic heterocycles. The van der Waals surface area contributed by atoms with E-state index in [9.17, 15) is 0 Å². The first-order valence-electron chi connectivity index (χ1n) is 10.8. The van der Waals surface area contributed by atoms with Gasteiger partial charge < -0.3 is 34.3 Å². The number of benzene rings is 2. The topological polar surface area (TPSA) is 73.5 Å². The molecular formula is C24H33N3O5S. The van der Waals surface area contributed by atoms with E-state index in [1.165, 1.54) is 0 Å². The van der Waals surface area contributed by atoms with Crippen LogP contribution in [0.1, 0.15) is 18.4 Å². The van der Waals surface area contributed by atoms with Gasteiger partial charge in [0.1, 0.15) is 11.5 Å². The maximum absolute atomic E-state index is 5.55. The molecule has 2 aromatic rings. The van der Waals surface area contributed by atoms with Crippen molar-refractivity contribution in [1.29, 1.82) is 0 Å². The highest BCUT2D eigenvalue weighted by Crippen LogP contribution is 2.38. The van der Waals surface area contributed by atoms with E-state index in [1.54, 1.807) is 35.5 Å². The average Bonchev–Trinajstić information content (AvgIpc) is 2.84. The van der Waals surface area contributed by atoms with Crippen LogP contribution in [0.2, 0.25) is 0 Å². The largest absolute Gasteiger partial charge is 0.497 e. The van der Waals surface area contributed by atoms with Crippen LogP contribution in [0.25, 0.3) is 0 Å². The molecule has 2 N–H and O–H groups in total. The van der Waals surface area contributed by atoms with Crippen LogP contribution in [-0.4, -0.2) is 64.7 Å². The van der Waals surface area contributed by atoms with Crippen molar-refractivity contribution in [2.24, 2.45) is 0 Å². The summed E-state index contributed by atoms with van der Waals surface area (Å²) in [5, 5.41) is 7.24. The summed E-state index contributed by atoms with van der Waals surface area (Å²) in [5.74, 6) is 3.40. The summed E-state index contributed by atoms with van der Waals surface area (Å²) in [5.41, 5.74) is 1.90. The van der Waals surface area contributed by atoms with Crippen molar-refractivity contribution in [3.8, 4) is 28.7 Å². The molecule has 0 aliphatic carbocycles. The Bertz CT molecular complexity index is 923. The molecule has 1 aliphatic heterocycles. The minimum atomic E-state index is 0.304. The standard InChI is InChI=1S/C24H33N3O5S/c1-28-18-6-7-20(29-2)19(14-18)26-24(33)25-17-8-10-27(11-9-17)15-16-12-21(30-3)23(32-5)22(13-16)31-4/h6-7,12-14,17H,8-11,15H2,1-5H3,(H2,25,26,33). The Kier molecular flexibility index (Phi) is 8.85. The fourth-order valence-corrected chi connectivity index (χ4v) is 4.25. The van der Waals surface area contributed by atoms with E-state index in [2.05, 4.69) is 15.5 Å². The summed E-state index contributed by atoms with van der Waals surface area (Å²) in [6, 6.07) is 9.89. The molecule has 33 heavy (non-hydrogen) atoms. The lowest BCUT2D eigenvalue weighted by Gasteiger charge is -2.33. The van der Waals surface area contributed by atoms with Crippen LogP contribution in [0, 0.1) is 0 Å². The van der Waals surface area contributed by atoms with Gasteiger partial charge in [-0.25, -0.2) is 0 Å². The molecular weight excluding hydrogens is 442 g/mol. The van der Waals surface area contributed by atoms with Gasteiger partial charge in [0.15, 0.2) is 16.6 Å². The predicted octanol–water partition coefficient (Wildman–Crippen LogP) is 3.68. The van der Waals surface area contributed by atoms with Crippen molar-refractivity contribution in [3.63, 3.8) is 0 Å². The van der Waals surface area contributed by atoms with E-state index >= 15 is 0 Å². The van der Waals surface area contributed by atoms with Gasteiger partial charge in [-0.3, -0.25) is 4.90 Å². The summed E-state index contributed by atoms with van der Waals surface area (Å²) >= 11 is 5.55. The van der Waals surface area contributed by atoms with E-state index in [0.29, 0.717) is 34.2 Å². The Hall–Kier alpha value is -2.91. The van der Waals surface area contributed by atoms with E-state index in [1.807, 2.05) is 30.3 Å². The van der Waals surface area contributed by atoms with E-state index < -0.39 is 0 Å². The number of likely N-dealkylation sites (tertiary alicyclic amines) is 1. The Balaban J connectivity index is 1.54. The molecule has 9 heteroatoms. The molecule has 1 aliphatic rings. The number of thiocarbonyl (C=S) groups is 1. The van der Waals surface area contributed by atoms with Crippen molar-refractivity contribution < 1.29 is 23.7 Å². The highest BCUT2D eigenvalue weighted by atomic mass is 32.1. The summed E-state index contributed by atoms with van der Waals surface area (Å²) in [6.07, 6.45) is 1.98. The Morgan fingerprint density at radius 1 is 0.879 bits per heavy atom. The minimum Gasteiger partial charge on any atom is -0.497 e. The lowest BCUT2D eigenvalue weighted by atomic mass is 10.0. The number of anilines is 1. The first-order chi connectivity index (χ1) is 16.0. The van der Waals surface area contributed by atoms with Crippen LogP contribution in [0.15, 0.2) is 30.3 Å². The normalized spacial score (nSPS) is 14.3. The first kappa shape index (κ1) is 24.7. The lowest BCUT2D eigenvalue weighted by Crippen LogP contribution is -2.45. The molecule has 2 aromatic carbocycles. The Labute approximate surface area is 201 Å². The lowest BCUT2D eigenvalue weighted by molar-refractivity contribution is 0.198. The summed E-state index contributed by atoms with van der Waals surface area (Å²) in [4.78, 5) is 2.42. The molecule has 0 atom stereocenters. The maximum Gasteiger partial charge on any atom is 0.203 e. The molecule has 3 rings (SSSR count). The van der Waals surface area contributed by atoms with Gasteiger partial charge >= 0.3 is 0 Å². The fraction of sp³-hybridized carbons (Fsp3) is 0.458. The molecule has 8 nitrogen and oxygen atoms in total. The van der Waals surface area contributed by atoms with Crippen molar-refractivity contribution in [1.82, 2.24) is 10.2 Å². The van der Waals surface area contributed by atoms with Crippen LogP contribution >= 0.6 is 12.2 Å². The smallest absolute Gasteiger partial charge is 0.203 e. The molecule has 0 amide bonds. The Morgan fingerprint density at radius 2 is 1.52 bits per heavy atom. The molecule has 1 fully saturated rings. The minimum absolute atomic E-state index is 0.304. The second kappa shape index (κ2) is 11.8. The molecule has 0 saturated carbocycles. The highest BCUT2D eigenvalue weighted by molar-refractivity contribution is 7.80. The second-order valence-electron chi connectivity index (χ2n) is 7.75. The number of methoxy groups -OCH3 is 5. The summed E-state index contributed by atoms with van der Waals surface area (Å²) in [7, 11) is 8.15. The molecule has 180 valence electrons. The summed E-state index contributed by atoms with van der Waals surface area (Å²) < 4.78 is 27.1. The van der Waals surface area contributed by atoms with Crippen LogP contribution in [-0.2, 0) is 6.54 Å². The number of nitrogens with zero attached hydrogens (tertiary/aromatic N) is 1. The third kappa shape index (κ3) is 6.33. The zero-order chi connectivity index (χ0) is 23.8. The van der Waals surface area contributed by atoms with Crippen molar-refractivity contribution in [2.45, 2.75) is 25.4 Å². The van der Waals surface area contributed by atoms with E-state index in [4.69, 9.17) is 35.9 Å². The molecule has 0 bridgehead atoms. The number of hydrogen-bond acceptors (Lipinski definition) is 7. The molecule has 1 heterocycles. The van der Waals surface area contributed by atoms with Crippen LogP contribution in [0.3, 0.4) is 0 Å². The molecule has 0 radical (unpaired) electrons. The third-order valence-electron chi connectivity index (χ3n) is 5.71. The zero-order valence-corrected chi connectivity index (χ0v) is 20.7. The highest BCUT2D eigenvalue weighted by Gasteiger charge is 2.21. The van der Waals surface area contributed by atoms with Crippen LogP contribution in [0.4, 0.5) is 5.69 Å². The van der Waals surface area contributed by atoms with Gasteiger partial charge in [-0.1, -0.05) is 0 Å². The molecule has 0 spiro atoms.